The topological polar surface area (TPSA) is 7.94 Å². The van der Waals surface area contributed by atoms with E-state index < -0.39 is 6.97 Å². The van der Waals surface area contributed by atoms with E-state index in [1.54, 1.807) is 0 Å². The van der Waals surface area contributed by atoms with Crippen LogP contribution in [0.1, 0.15) is 73.3 Å². The summed E-state index contributed by atoms with van der Waals surface area (Å²) in [5, 5.41) is 0. The summed E-state index contributed by atoms with van der Waals surface area (Å²) in [7, 11) is 0. The van der Waals surface area contributed by atoms with Gasteiger partial charge in [-0.05, 0) is 115 Å². The summed E-state index contributed by atoms with van der Waals surface area (Å²) in [5.74, 6) is 6.61. The van der Waals surface area contributed by atoms with Crippen molar-refractivity contribution in [3.63, 3.8) is 0 Å². The highest BCUT2D eigenvalue weighted by Crippen LogP contribution is 2.47. The van der Waals surface area contributed by atoms with Crippen LogP contribution < -0.4 is 0 Å². The van der Waals surface area contributed by atoms with Crippen molar-refractivity contribution in [2.75, 3.05) is 0 Å². The van der Waals surface area contributed by atoms with E-state index in [0.29, 0.717) is 35.6 Å². The molecule has 0 unspecified atom stereocenters. The quantitative estimate of drug-likeness (QED) is 0.142. The Morgan fingerprint density at radius 2 is 1.24 bits per heavy atom. The summed E-state index contributed by atoms with van der Waals surface area (Å²) >= 11 is 0. The molecule has 0 amide bonds. The lowest BCUT2D eigenvalue weighted by Crippen LogP contribution is -2.51. The molecular weight excluding hydrogens is 569 g/mol. The predicted octanol–water partition coefficient (Wildman–Crippen LogP) is 10.0. The van der Waals surface area contributed by atoms with Crippen LogP contribution in [0.25, 0.3) is 27.8 Å². The molecule has 2 nitrogen and oxygen atoms in total. The van der Waals surface area contributed by atoms with Crippen LogP contribution in [0, 0.1) is 25.7 Å². The van der Waals surface area contributed by atoms with Gasteiger partial charge in [0, 0.05) is 34.9 Å². The molecule has 2 aromatic carbocycles. The Labute approximate surface area is 270 Å². The Bertz CT molecular complexity index is 2130. The molecule has 1 aromatic heterocycles. The third-order valence-corrected chi connectivity index (χ3v) is 9.97. The van der Waals surface area contributed by atoms with Gasteiger partial charge in [0.2, 0.25) is 0 Å². The molecule has 5 heteroatoms. The second kappa shape index (κ2) is 11.1. The molecule has 0 fully saturated rings. The van der Waals surface area contributed by atoms with Gasteiger partial charge in [-0.2, -0.15) is 0 Å². The normalized spacial score (nSPS) is 15.3. The van der Waals surface area contributed by atoms with Crippen LogP contribution in [-0.4, -0.2) is 21.6 Å². The predicted molar refractivity (Wildman–Crippen MR) is 188 cm³/mol. The molecule has 0 spiro atoms. The average Bonchev–Trinajstić information content (AvgIpc) is 3.59. The van der Waals surface area contributed by atoms with Gasteiger partial charge in [-0.15, -0.1) is 0 Å². The summed E-state index contributed by atoms with van der Waals surface area (Å²) in [5.41, 5.74) is 14.9. The standard InChI is InChI=1S/C41H37BF2N2/c1-7-37-26(3)40-39(41-27(4)38(8-2)29(6)46(41)42(43,44)45(40)28(37)5)33-22-18-31(19-23-33)15-14-30-16-20-32(21-17-30)36-24-34-12-10-9-11-13-35(34)25-36/h9-13,16-25H,7-8H2,1-6H3. The maximum Gasteiger partial charge on any atom is 0.737 e. The van der Waals surface area contributed by atoms with E-state index in [9.17, 15) is 0 Å². The van der Waals surface area contributed by atoms with E-state index in [2.05, 4.69) is 72.5 Å². The average molecular weight is 607 g/mol. The van der Waals surface area contributed by atoms with Crippen molar-refractivity contribution >= 4 is 18.3 Å². The minimum atomic E-state index is -4.04. The van der Waals surface area contributed by atoms with Crippen molar-refractivity contribution < 1.29 is 13.1 Å². The number of nitrogens with zero attached hydrogens (tertiary/aromatic N) is 2. The maximum atomic E-state index is 16.5. The molecule has 3 aromatic rings. The number of aromatic nitrogens is 1. The first-order chi connectivity index (χ1) is 22.1. The number of rotatable bonds is 4. The van der Waals surface area contributed by atoms with Crippen LogP contribution in [0.15, 0.2) is 108 Å². The first kappa shape index (κ1) is 29.7. The molecule has 0 atom stereocenters. The molecule has 3 heterocycles. The number of hydrogen-bond donors (Lipinski definition) is 0. The molecule has 0 saturated heterocycles. The Balaban J connectivity index is 1.25. The molecule has 0 N–H and O–H groups in total. The molecule has 2 aliphatic heterocycles. The van der Waals surface area contributed by atoms with Gasteiger partial charge in [-0.3, -0.25) is 0 Å². The maximum absolute atomic E-state index is 16.5. The highest BCUT2D eigenvalue weighted by molar-refractivity contribution is 6.58. The monoisotopic (exact) mass is 606 g/mol. The largest absolute Gasteiger partial charge is 0.737 e. The van der Waals surface area contributed by atoms with E-state index in [4.69, 9.17) is 0 Å². The van der Waals surface area contributed by atoms with Gasteiger partial charge in [0.05, 0.1) is 5.57 Å². The second-order valence-electron chi connectivity index (χ2n) is 12.5. The minimum Gasteiger partial charge on any atom is -0.393 e. The van der Waals surface area contributed by atoms with E-state index in [1.807, 2.05) is 71.9 Å². The van der Waals surface area contributed by atoms with Gasteiger partial charge in [-0.1, -0.05) is 80.3 Å². The molecule has 228 valence electrons. The van der Waals surface area contributed by atoms with Gasteiger partial charge < -0.3 is 17.6 Å². The Morgan fingerprint density at radius 1 is 0.674 bits per heavy atom. The molecule has 46 heavy (non-hydrogen) atoms. The second-order valence-corrected chi connectivity index (χ2v) is 12.5. The molecule has 7 rings (SSSR count). The van der Waals surface area contributed by atoms with Crippen molar-refractivity contribution in [1.82, 2.24) is 4.48 Å². The van der Waals surface area contributed by atoms with Gasteiger partial charge in [0.25, 0.3) is 0 Å². The third kappa shape index (κ3) is 4.50. The third-order valence-electron chi connectivity index (χ3n) is 9.97. The number of benzene rings is 2. The van der Waals surface area contributed by atoms with Crippen molar-refractivity contribution in [3.8, 4) is 34.1 Å². The van der Waals surface area contributed by atoms with Crippen LogP contribution in [0.4, 0.5) is 8.63 Å². The van der Waals surface area contributed by atoms with Crippen LogP contribution in [0.2, 0.25) is 0 Å². The summed E-state index contributed by atoms with van der Waals surface area (Å²) in [6.07, 6.45) is 1.42. The van der Waals surface area contributed by atoms with Crippen molar-refractivity contribution in [1.29, 1.82) is 0 Å². The van der Waals surface area contributed by atoms with Crippen LogP contribution in [0.3, 0.4) is 0 Å². The highest BCUT2D eigenvalue weighted by atomic mass is 19.2. The zero-order valence-corrected chi connectivity index (χ0v) is 27.3. The molecule has 0 bridgehead atoms. The zero-order chi connectivity index (χ0) is 32.3. The van der Waals surface area contributed by atoms with Crippen molar-refractivity contribution in [2.45, 2.75) is 54.4 Å². The smallest absolute Gasteiger partial charge is 0.393 e. The Kier molecular flexibility index (Phi) is 7.20. The Morgan fingerprint density at radius 3 is 1.78 bits per heavy atom. The zero-order valence-electron chi connectivity index (χ0n) is 27.3. The van der Waals surface area contributed by atoms with Gasteiger partial charge >= 0.3 is 6.97 Å². The summed E-state index contributed by atoms with van der Waals surface area (Å²) in [6.45, 7) is 7.73. The molecular formula is C41H37BF2N2. The SMILES string of the molecule is CCC1=C(C)C2=C(c3ccc(C#Cc4ccc(-c5cc6cccccc-6c5)cc4)cc3)c3c(C)c(CC)c(C)n3[B-](F)(F)[N+]2=C1C. The number of hydrogen-bond acceptors (Lipinski definition) is 0. The lowest BCUT2D eigenvalue weighted by molar-refractivity contribution is -0.363. The number of halogens is 2. The van der Waals surface area contributed by atoms with Crippen LogP contribution in [-0.2, 0) is 6.42 Å². The molecule has 2 aliphatic carbocycles. The minimum absolute atomic E-state index is 0.639. The molecule has 4 aliphatic rings. The lowest BCUT2D eigenvalue weighted by Gasteiger charge is -2.34. The van der Waals surface area contributed by atoms with Gasteiger partial charge in [0.15, 0.2) is 5.70 Å². The van der Waals surface area contributed by atoms with Crippen molar-refractivity contribution in [3.05, 3.63) is 147 Å². The van der Waals surface area contributed by atoms with E-state index >= 15 is 8.63 Å². The van der Waals surface area contributed by atoms with Crippen LogP contribution in [0.5, 0.6) is 0 Å². The highest BCUT2D eigenvalue weighted by Gasteiger charge is 2.56. The fourth-order valence-corrected chi connectivity index (χ4v) is 7.74. The molecule has 0 radical (unpaired) electrons. The van der Waals surface area contributed by atoms with Crippen molar-refractivity contribution in [2.24, 2.45) is 0 Å². The summed E-state index contributed by atoms with van der Waals surface area (Å²) in [6, 6.07) is 31.3. The van der Waals surface area contributed by atoms with E-state index in [-0.39, 0.29) is 0 Å². The van der Waals surface area contributed by atoms with E-state index in [0.717, 1.165) is 50.1 Å². The summed E-state index contributed by atoms with van der Waals surface area (Å²) in [4.78, 5) is 0. The van der Waals surface area contributed by atoms with Gasteiger partial charge in [-0.25, -0.2) is 0 Å². The number of fused-ring (bicyclic) bond motifs is 3. The fourth-order valence-electron chi connectivity index (χ4n) is 7.74. The van der Waals surface area contributed by atoms with Gasteiger partial charge in [0.1, 0.15) is 5.71 Å². The lowest BCUT2D eigenvalue weighted by atomic mass is 9.83. The first-order valence-corrected chi connectivity index (χ1v) is 16.2. The number of allylic oxidation sites excluding steroid dienone is 2. The summed E-state index contributed by atoms with van der Waals surface area (Å²) < 4.78 is 35.7. The first-order valence-electron chi connectivity index (χ1n) is 16.2. The Hall–Kier alpha value is -4.95. The molecule has 0 saturated carbocycles. The fraction of sp³-hybridized carbons (Fsp3) is 0.195. The van der Waals surface area contributed by atoms with Crippen LogP contribution >= 0.6 is 0 Å². The van der Waals surface area contributed by atoms with E-state index in [1.165, 1.54) is 25.7 Å².